The zero-order valence-corrected chi connectivity index (χ0v) is 14.5. The molecule has 0 aliphatic rings. The van der Waals surface area contributed by atoms with Crippen molar-refractivity contribution >= 4 is 16.8 Å². The highest BCUT2D eigenvalue weighted by Crippen LogP contribution is 2.31. The maximum atomic E-state index is 11.4. The summed E-state index contributed by atoms with van der Waals surface area (Å²) in [7, 11) is 0. The van der Waals surface area contributed by atoms with Crippen molar-refractivity contribution in [1.29, 1.82) is 0 Å². The van der Waals surface area contributed by atoms with E-state index in [1.807, 2.05) is 78.9 Å². The Morgan fingerprint density at radius 3 is 1.81 bits per heavy atom. The summed E-state index contributed by atoms with van der Waals surface area (Å²) in [4.78, 5) is 21.3. The van der Waals surface area contributed by atoms with Gasteiger partial charge in [0.2, 0.25) is 0 Å². The van der Waals surface area contributed by atoms with Crippen molar-refractivity contribution < 1.29 is 4.79 Å². The Hall–Kier alpha value is -3.33. The summed E-state index contributed by atoms with van der Waals surface area (Å²) in [5.74, 6) is 0.140. The van der Waals surface area contributed by atoms with Crippen LogP contribution in [0.1, 0.15) is 12.5 Å². The van der Waals surface area contributed by atoms with Crippen LogP contribution in [0.3, 0.4) is 0 Å². The number of benzene rings is 3. The lowest BCUT2D eigenvalue weighted by Crippen LogP contribution is -1.99. The average molecular weight is 338 g/mol. The molecule has 3 nitrogen and oxygen atoms in total. The lowest BCUT2D eigenvalue weighted by atomic mass is 10.0. The summed E-state index contributed by atoms with van der Waals surface area (Å²) in [6.07, 6.45) is 0.415. The molecule has 0 saturated heterocycles. The van der Waals surface area contributed by atoms with Crippen molar-refractivity contribution in [2.75, 3.05) is 0 Å². The molecule has 0 radical (unpaired) electrons. The second kappa shape index (κ2) is 6.89. The largest absolute Gasteiger partial charge is 0.300 e. The van der Waals surface area contributed by atoms with E-state index in [2.05, 4.69) is 0 Å². The van der Waals surface area contributed by atoms with E-state index in [4.69, 9.17) is 9.97 Å². The Balaban J connectivity index is 1.95. The maximum absolute atomic E-state index is 11.4. The van der Waals surface area contributed by atoms with E-state index in [1.54, 1.807) is 6.92 Å². The molecule has 26 heavy (non-hydrogen) atoms. The van der Waals surface area contributed by atoms with E-state index < -0.39 is 0 Å². The first-order valence-electron chi connectivity index (χ1n) is 8.62. The van der Waals surface area contributed by atoms with Crippen molar-refractivity contribution in [3.63, 3.8) is 0 Å². The molecular formula is C23H18N2O. The summed E-state index contributed by atoms with van der Waals surface area (Å²) in [6.45, 7) is 1.60. The third-order valence-corrected chi connectivity index (χ3v) is 4.28. The molecule has 3 heteroatoms. The van der Waals surface area contributed by atoms with Crippen LogP contribution in [-0.4, -0.2) is 15.8 Å². The number of Topliss-reactive ketones (excluding diaryl/α,β-unsaturated/α-hetero) is 1. The van der Waals surface area contributed by atoms with E-state index in [0.29, 0.717) is 6.42 Å². The summed E-state index contributed by atoms with van der Waals surface area (Å²) in [5.41, 5.74) is 6.38. The fourth-order valence-electron chi connectivity index (χ4n) is 3.09. The minimum Gasteiger partial charge on any atom is -0.300 e. The SMILES string of the molecule is CC(=O)Cc1ccc2nc(-c3ccccc3)c(-c3ccccc3)nc2c1. The van der Waals surface area contributed by atoms with Crippen LogP contribution in [-0.2, 0) is 11.2 Å². The van der Waals surface area contributed by atoms with Crippen LogP contribution in [0, 0.1) is 0 Å². The average Bonchev–Trinajstić information content (AvgIpc) is 2.68. The van der Waals surface area contributed by atoms with E-state index in [9.17, 15) is 4.79 Å². The van der Waals surface area contributed by atoms with Crippen LogP contribution in [0.25, 0.3) is 33.5 Å². The van der Waals surface area contributed by atoms with Crippen molar-refractivity contribution in [1.82, 2.24) is 9.97 Å². The molecule has 0 spiro atoms. The van der Waals surface area contributed by atoms with Gasteiger partial charge in [-0.1, -0.05) is 66.7 Å². The molecule has 0 saturated carbocycles. The van der Waals surface area contributed by atoms with Gasteiger partial charge in [0.05, 0.1) is 22.4 Å². The smallest absolute Gasteiger partial charge is 0.134 e. The Kier molecular flexibility index (Phi) is 4.28. The first kappa shape index (κ1) is 16.2. The molecule has 0 unspecified atom stereocenters. The predicted octanol–water partition coefficient (Wildman–Crippen LogP) is 5.10. The van der Waals surface area contributed by atoms with Crippen LogP contribution in [0.4, 0.5) is 0 Å². The first-order chi connectivity index (χ1) is 12.7. The quantitative estimate of drug-likeness (QED) is 0.520. The Bertz CT molecular complexity index is 1070. The van der Waals surface area contributed by atoms with Gasteiger partial charge in [0.15, 0.2) is 0 Å². The van der Waals surface area contributed by atoms with Gasteiger partial charge in [-0.15, -0.1) is 0 Å². The Morgan fingerprint density at radius 2 is 1.27 bits per heavy atom. The Labute approximate surface area is 152 Å². The highest BCUT2D eigenvalue weighted by Gasteiger charge is 2.13. The molecule has 126 valence electrons. The van der Waals surface area contributed by atoms with Crippen LogP contribution in [0.2, 0.25) is 0 Å². The second-order valence-electron chi connectivity index (χ2n) is 6.35. The van der Waals surface area contributed by atoms with Crippen LogP contribution in [0.15, 0.2) is 78.9 Å². The van der Waals surface area contributed by atoms with Gasteiger partial charge >= 0.3 is 0 Å². The predicted molar refractivity (Wildman–Crippen MR) is 105 cm³/mol. The summed E-state index contributed by atoms with van der Waals surface area (Å²) in [6, 6.07) is 26.0. The van der Waals surface area contributed by atoms with Crippen LogP contribution < -0.4 is 0 Å². The molecular weight excluding hydrogens is 320 g/mol. The highest BCUT2D eigenvalue weighted by molar-refractivity contribution is 5.87. The number of hydrogen-bond acceptors (Lipinski definition) is 3. The number of aromatic nitrogens is 2. The lowest BCUT2D eigenvalue weighted by molar-refractivity contribution is -0.116. The lowest BCUT2D eigenvalue weighted by Gasteiger charge is -2.11. The number of nitrogens with zero attached hydrogens (tertiary/aromatic N) is 2. The summed E-state index contributed by atoms with van der Waals surface area (Å²) in [5, 5.41) is 0. The Morgan fingerprint density at radius 1 is 0.731 bits per heavy atom. The first-order valence-corrected chi connectivity index (χ1v) is 8.62. The third kappa shape index (κ3) is 3.24. The zero-order valence-electron chi connectivity index (χ0n) is 14.5. The standard InChI is InChI=1S/C23H18N2O/c1-16(26)14-17-12-13-20-21(15-17)25-23(19-10-6-3-7-11-19)22(24-20)18-8-4-2-5-9-18/h2-13,15H,14H2,1H3. The van der Waals surface area contributed by atoms with Gasteiger partial charge in [0.1, 0.15) is 5.78 Å². The van der Waals surface area contributed by atoms with Gasteiger partial charge in [-0.05, 0) is 24.6 Å². The molecule has 0 bridgehead atoms. The molecule has 1 heterocycles. The summed E-state index contributed by atoms with van der Waals surface area (Å²) < 4.78 is 0. The maximum Gasteiger partial charge on any atom is 0.134 e. The van der Waals surface area contributed by atoms with Gasteiger partial charge in [-0.3, -0.25) is 4.79 Å². The molecule has 0 fully saturated rings. The number of carbonyl (C=O) groups excluding carboxylic acids is 1. The fourth-order valence-corrected chi connectivity index (χ4v) is 3.09. The normalized spacial score (nSPS) is 10.8. The van der Waals surface area contributed by atoms with Crippen molar-refractivity contribution in [2.45, 2.75) is 13.3 Å². The summed E-state index contributed by atoms with van der Waals surface area (Å²) >= 11 is 0. The minimum atomic E-state index is 0.140. The van der Waals surface area contributed by atoms with Crippen molar-refractivity contribution in [3.8, 4) is 22.5 Å². The van der Waals surface area contributed by atoms with E-state index in [0.717, 1.165) is 39.1 Å². The number of carbonyl (C=O) groups is 1. The van der Waals surface area contributed by atoms with Gasteiger partial charge in [-0.2, -0.15) is 0 Å². The van der Waals surface area contributed by atoms with Crippen LogP contribution in [0.5, 0.6) is 0 Å². The molecule has 0 aliphatic heterocycles. The van der Waals surface area contributed by atoms with E-state index in [1.165, 1.54) is 0 Å². The topological polar surface area (TPSA) is 42.9 Å². The molecule has 0 N–H and O–H groups in total. The molecule has 0 aliphatic carbocycles. The molecule has 1 aromatic heterocycles. The van der Waals surface area contributed by atoms with Gasteiger partial charge in [0, 0.05) is 17.5 Å². The highest BCUT2D eigenvalue weighted by atomic mass is 16.1. The molecule has 0 atom stereocenters. The number of fused-ring (bicyclic) bond motifs is 1. The second-order valence-corrected chi connectivity index (χ2v) is 6.35. The van der Waals surface area contributed by atoms with Gasteiger partial charge in [-0.25, -0.2) is 9.97 Å². The number of ketones is 1. The molecule has 0 amide bonds. The molecule has 3 aromatic carbocycles. The zero-order chi connectivity index (χ0) is 17.9. The molecule has 4 aromatic rings. The van der Waals surface area contributed by atoms with Crippen molar-refractivity contribution in [2.24, 2.45) is 0 Å². The van der Waals surface area contributed by atoms with Gasteiger partial charge in [0.25, 0.3) is 0 Å². The third-order valence-electron chi connectivity index (χ3n) is 4.28. The fraction of sp³-hybridized carbons (Fsp3) is 0.0870. The number of hydrogen-bond donors (Lipinski definition) is 0. The molecule has 4 rings (SSSR count). The van der Waals surface area contributed by atoms with E-state index >= 15 is 0 Å². The van der Waals surface area contributed by atoms with Gasteiger partial charge < -0.3 is 0 Å². The monoisotopic (exact) mass is 338 g/mol. The van der Waals surface area contributed by atoms with Crippen LogP contribution >= 0.6 is 0 Å². The van der Waals surface area contributed by atoms with E-state index in [-0.39, 0.29) is 5.78 Å². The van der Waals surface area contributed by atoms with Crippen molar-refractivity contribution in [3.05, 3.63) is 84.4 Å². The number of rotatable bonds is 4. The minimum absolute atomic E-state index is 0.140.